The van der Waals surface area contributed by atoms with Gasteiger partial charge in [-0.3, -0.25) is 4.79 Å². The monoisotopic (exact) mass is 424 g/mol. The van der Waals surface area contributed by atoms with E-state index in [-0.39, 0.29) is 24.2 Å². The highest BCUT2D eigenvalue weighted by molar-refractivity contribution is 5.66. The van der Waals surface area contributed by atoms with E-state index in [1.54, 1.807) is 12.3 Å². The molecule has 0 amide bonds. The van der Waals surface area contributed by atoms with E-state index in [0.29, 0.717) is 31.0 Å². The topological polar surface area (TPSA) is 80.7 Å². The zero-order valence-corrected chi connectivity index (χ0v) is 16.2. The van der Waals surface area contributed by atoms with Gasteiger partial charge in [0.1, 0.15) is 11.6 Å². The highest BCUT2D eigenvalue weighted by Crippen LogP contribution is 2.31. The number of pyridine rings is 1. The number of aliphatic carboxylic acids is 1. The summed E-state index contributed by atoms with van der Waals surface area (Å²) < 4.78 is 46.6. The molecule has 1 aliphatic rings. The molecule has 162 valence electrons. The first kappa shape index (κ1) is 21.9. The van der Waals surface area contributed by atoms with Crippen molar-refractivity contribution < 1.29 is 32.5 Å². The third-order valence-electron chi connectivity index (χ3n) is 4.91. The molecule has 1 aromatic carbocycles. The summed E-state index contributed by atoms with van der Waals surface area (Å²) >= 11 is 0. The normalized spacial score (nSPS) is 19.3. The number of hydrogen-bond donors (Lipinski definition) is 2. The van der Waals surface area contributed by atoms with Crippen LogP contribution in [0.2, 0.25) is 0 Å². The van der Waals surface area contributed by atoms with Crippen LogP contribution in [-0.4, -0.2) is 35.1 Å². The number of alkyl halides is 3. The molecule has 0 radical (unpaired) electrons. The number of aromatic nitrogens is 1. The van der Waals surface area contributed by atoms with Crippen molar-refractivity contribution in [2.75, 3.05) is 11.9 Å². The number of nitrogens with zero attached hydrogens (tertiary/aromatic N) is 1. The molecular weight excluding hydrogens is 401 g/mol. The van der Waals surface area contributed by atoms with E-state index in [4.69, 9.17) is 9.84 Å². The van der Waals surface area contributed by atoms with Crippen LogP contribution in [-0.2, 0) is 16.1 Å². The van der Waals surface area contributed by atoms with E-state index in [2.05, 4.69) is 15.0 Å². The van der Waals surface area contributed by atoms with Gasteiger partial charge >= 0.3 is 12.3 Å². The fourth-order valence-corrected chi connectivity index (χ4v) is 3.47. The van der Waals surface area contributed by atoms with E-state index < -0.39 is 12.3 Å². The van der Waals surface area contributed by atoms with Crippen LogP contribution in [0.4, 0.5) is 19.0 Å². The number of hydrogen-bond acceptors (Lipinski definition) is 5. The Morgan fingerprint density at radius 1 is 1.30 bits per heavy atom. The van der Waals surface area contributed by atoms with Gasteiger partial charge in [-0.2, -0.15) is 0 Å². The SMILES string of the molecule is O=C(O)CCC1CC(c2ccc(NCc3cccc(OC(F)(F)F)c3)nc2)CCO1. The lowest BCUT2D eigenvalue weighted by Gasteiger charge is -2.29. The molecule has 3 rings (SSSR count). The molecule has 1 fully saturated rings. The van der Waals surface area contributed by atoms with Gasteiger partial charge in [-0.15, -0.1) is 13.2 Å². The fourth-order valence-electron chi connectivity index (χ4n) is 3.47. The summed E-state index contributed by atoms with van der Waals surface area (Å²) in [6.45, 7) is 0.890. The summed E-state index contributed by atoms with van der Waals surface area (Å²) in [6, 6.07) is 9.57. The van der Waals surface area contributed by atoms with E-state index in [1.165, 1.54) is 18.2 Å². The number of nitrogens with one attached hydrogen (secondary N) is 1. The molecule has 0 aliphatic carbocycles. The predicted molar refractivity (Wildman–Crippen MR) is 103 cm³/mol. The van der Waals surface area contributed by atoms with Gasteiger partial charge < -0.3 is 19.9 Å². The van der Waals surface area contributed by atoms with Crippen molar-refractivity contribution in [3.8, 4) is 5.75 Å². The van der Waals surface area contributed by atoms with Crippen molar-refractivity contribution in [1.29, 1.82) is 0 Å². The number of anilines is 1. The van der Waals surface area contributed by atoms with Crippen molar-refractivity contribution in [2.45, 2.75) is 50.6 Å². The Balaban J connectivity index is 1.53. The maximum absolute atomic E-state index is 12.3. The third kappa shape index (κ3) is 6.91. The van der Waals surface area contributed by atoms with Crippen LogP contribution < -0.4 is 10.1 Å². The average Bonchev–Trinajstić information content (AvgIpc) is 2.70. The Bertz CT molecular complexity index is 843. The molecule has 2 atom stereocenters. The van der Waals surface area contributed by atoms with Gasteiger partial charge in [-0.25, -0.2) is 4.98 Å². The Hall–Kier alpha value is -2.81. The molecule has 2 heterocycles. The number of rotatable bonds is 8. The van der Waals surface area contributed by atoms with Crippen LogP contribution in [0.1, 0.15) is 42.7 Å². The van der Waals surface area contributed by atoms with Crippen molar-refractivity contribution in [2.24, 2.45) is 0 Å². The lowest BCUT2D eigenvalue weighted by atomic mass is 9.88. The first-order valence-electron chi connectivity index (χ1n) is 9.66. The summed E-state index contributed by atoms with van der Waals surface area (Å²) in [6.07, 6.45) is -0.818. The van der Waals surface area contributed by atoms with Gasteiger partial charge in [0.15, 0.2) is 0 Å². The second-order valence-corrected chi connectivity index (χ2v) is 7.17. The molecule has 9 heteroatoms. The van der Waals surface area contributed by atoms with Crippen LogP contribution in [0.25, 0.3) is 0 Å². The van der Waals surface area contributed by atoms with E-state index in [0.717, 1.165) is 18.4 Å². The van der Waals surface area contributed by atoms with Crippen LogP contribution >= 0.6 is 0 Å². The molecule has 0 saturated carbocycles. The summed E-state index contributed by atoms with van der Waals surface area (Å²) in [7, 11) is 0. The molecule has 1 aromatic heterocycles. The molecule has 2 aromatic rings. The number of benzene rings is 1. The fraction of sp³-hybridized carbons (Fsp3) is 0.429. The third-order valence-corrected chi connectivity index (χ3v) is 4.91. The molecule has 1 aliphatic heterocycles. The van der Waals surface area contributed by atoms with Crippen LogP contribution in [0, 0.1) is 0 Å². The maximum atomic E-state index is 12.3. The summed E-state index contributed by atoms with van der Waals surface area (Å²) in [4.78, 5) is 15.1. The first-order chi connectivity index (χ1) is 14.3. The zero-order chi connectivity index (χ0) is 21.6. The Morgan fingerprint density at radius 3 is 2.83 bits per heavy atom. The number of carbonyl (C=O) groups is 1. The van der Waals surface area contributed by atoms with Crippen LogP contribution in [0.3, 0.4) is 0 Å². The Morgan fingerprint density at radius 2 is 2.13 bits per heavy atom. The minimum Gasteiger partial charge on any atom is -0.481 e. The lowest BCUT2D eigenvalue weighted by molar-refractivity contribution is -0.274. The Labute approximate surface area is 172 Å². The summed E-state index contributed by atoms with van der Waals surface area (Å²) in [5.74, 6) is -0.221. The van der Waals surface area contributed by atoms with Crippen molar-refractivity contribution in [3.63, 3.8) is 0 Å². The quantitative estimate of drug-likeness (QED) is 0.638. The largest absolute Gasteiger partial charge is 0.573 e. The van der Waals surface area contributed by atoms with Crippen molar-refractivity contribution in [3.05, 3.63) is 53.7 Å². The van der Waals surface area contributed by atoms with Crippen molar-refractivity contribution >= 4 is 11.8 Å². The molecule has 0 spiro atoms. The first-order valence-corrected chi connectivity index (χ1v) is 9.66. The standard InChI is InChI=1S/C21H23F3N2O4/c22-21(23,24)30-18-3-1-2-14(10-18)12-25-19-6-4-16(13-26-19)15-8-9-29-17(11-15)5-7-20(27)28/h1-4,6,10,13,15,17H,5,7-9,11-12H2,(H,25,26)(H,27,28). The van der Waals surface area contributed by atoms with Crippen LogP contribution in [0.5, 0.6) is 5.75 Å². The summed E-state index contributed by atoms with van der Waals surface area (Å²) in [5, 5.41) is 11.9. The van der Waals surface area contributed by atoms with Gasteiger partial charge in [0.2, 0.25) is 0 Å². The minimum absolute atomic E-state index is 0.0659. The maximum Gasteiger partial charge on any atom is 0.573 e. The van der Waals surface area contributed by atoms with Gasteiger partial charge in [0, 0.05) is 25.8 Å². The lowest BCUT2D eigenvalue weighted by Crippen LogP contribution is -2.25. The second-order valence-electron chi connectivity index (χ2n) is 7.17. The van der Waals surface area contributed by atoms with Gasteiger partial charge in [-0.1, -0.05) is 18.2 Å². The Kier molecular flexibility index (Phi) is 7.15. The minimum atomic E-state index is -4.72. The molecule has 1 saturated heterocycles. The summed E-state index contributed by atoms with van der Waals surface area (Å²) in [5.41, 5.74) is 1.69. The zero-order valence-electron chi connectivity index (χ0n) is 16.2. The predicted octanol–water partition coefficient (Wildman–Crippen LogP) is 4.72. The van der Waals surface area contributed by atoms with E-state index >= 15 is 0 Å². The van der Waals surface area contributed by atoms with E-state index in [1.807, 2.05) is 12.1 Å². The molecule has 2 N–H and O–H groups in total. The van der Waals surface area contributed by atoms with Gasteiger partial charge in [-0.05, 0) is 54.5 Å². The smallest absolute Gasteiger partial charge is 0.481 e. The molecule has 30 heavy (non-hydrogen) atoms. The molecule has 2 unspecified atom stereocenters. The number of ether oxygens (including phenoxy) is 2. The molecule has 6 nitrogen and oxygen atoms in total. The van der Waals surface area contributed by atoms with Gasteiger partial charge in [0.25, 0.3) is 0 Å². The number of carboxylic acids is 1. The number of carboxylic acid groups (broad SMARTS) is 1. The van der Waals surface area contributed by atoms with Crippen LogP contribution in [0.15, 0.2) is 42.6 Å². The highest BCUT2D eigenvalue weighted by Gasteiger charge is 2.31. The second kappa shape index (κ2) is 9.80. The van der Waals surface area contributed by atoms with Gasteiger partial charge in [0.05, 0.1) is 6.10 Å². The van der Waals surface area contributed by atoms with Crippen molar-refractivity contribution in [1.82, 2.24) is 4.98 Å². The average molecular weight is 424 g/mol. The highest BCUT2D eigenvalue weighted by atomic mass is 19.4. The van der Waals surface area contributed by atoms with E-state index in [9.17, 15) is 18.0 Å². The molecular formula is C21H23F3N2O4. The number of halogens is 3. The molecule has 0 bridgehead atoms.